The van der Waals surface area contributed by atoms with Gasteiger partial charge in [0.15, 0.2) is 0 Å². The van der Waals surface area contributed by atoms with E-state index in [9.17, 15) is 9.59 Å². The number of hydrogen-bond donors (Lipinski definition) is 2. The van der Waals surface area contributed by atoms with Gasteiger partial charge in [0.2, 0.25) is 5.91 Å². The molecular weight excluding hydrogens is 348 g/mol. The molecule has 7 heteroatoms. The predicted octanol–water partition coefficient (Wildman–Crippen LogP) is 3.58. The summed E-state index contributed by atoms with van der Waals surface area (Å²) in [5, 5.41) is 11.1. The molecular formula is C19H26N4O2S. The molecule has 2 aromatic rings. The second-order valence-corrected chi connectivity index (χ2v) is 8.97. The number of aryl methyl sites for hydroxylation is 2. The van der Waals surface area contributed by atoms with Gasteiger partial charge < -0.3 is 10.6 Å². The molecule has 3 rings (SSSR count). The van der Waals surface area contributed by atoms with Crippen molar-refractivity contribution in [1.82, 2.24) is 15.1 Å². The summed E-state index contributed by atoms with van der Waals surface area (Å²) in [6, 6.07) is 1.86. The van der Waals surface area contributed by atoms with Gasteiger partial charge in [-0.1, -0.05) is 20.8 Å². The summed E-state index contributed by atoms with van der Waals surface area (Å²) < 4.78 is 1.89. The first-order chi connectivity index (χ1) is 12.2. The van der Waals surface area contributed by atoms with E-state index in [-0.39, 0.29) is 17.9 Å². The van der Waals surface area contributed by atoms with Gasteiger partial charge in [0, 0.05) is 23.7 Å². The van der Waals surface area contributed by atoms with Crippen LogP contribution >= 0.6 is 11.3 Å². The van der Waals surface area contributed by atoms with E-state index in [0.29, 0.717) is 9.88 Å². The molecule has 2 N–H and O–H groups in total. The van der Waals surface area contributed by atoms with Crippen molar-refractivity contribution < 1.29 is 9.59 Å². The zero-order chi connectivity index (χ0) is 19.1. The van der Waals surface area contributed by atoms with Crippen LogP contribution in [-0.4, -0.2) is 21.6 Å². The lowest BCUT2D eigenvalue weighted by atomic mass is 9.93. The third-order valence-corrected chi connectivity index (χ3v) is 5.87. The smallest absolute Gasteiger partial charge is 0.262 e. The lowest BCUT2D eigenvalue weighted by Crippen LogP contribution is -2.30. The third-order valence-electron chi connectivity index (χ3n) is 4.72. The molecule has 0 aromatic carbocycles. The van der Waals surface area contributed by atoms with E-state index in [2.05, 4.69) is 15.7 Å². The Kier molecular flexibility index (Phi) is 4.92. The lowest BCUT2D eigenvalue weighted by molar-refractivity contribution is -0.123. The van der Waals surface area contributed by atoms with Gasteiger partial charge >= 0.3 is 0 Å². The molecule has 0 saturated heterocycles. The lowest BCUT2D eigenvalue weighted by Gasteiger charge is -2.23. The van der Waals surface area contributed by atoms with Gasteiger partial charge in [0.1, 0.15) is 0 Å². The molecule has 2 amide bonds. The van der Waals surface area contributed by atoms with Crippen LogP contribution in [0.5, 0.6) is 0 Å². The van der Waals surface area contributed by atoms with E-state index in [1.807, 2.05) is 51.7 Å². The van der Waals surface area contributed by atoms with Crippen LogP contribution in [0.4, 0.5) is 5.00 Å². The molecule has 0 spiro atoms. The van der Waals surface area contributed by atoms with E-state index < -0.39 is 5.41 Å². The van der Waals surface area contributed by atoms with Crippen LogP contribution in [-0.2, 0) is 18.3 Å². The van der Waals surface area contributed by atoms with Gasteiger partial charge in [-0.15, -0.1) is 11.3 Å². The second-order valence-electron chi connectivity index (χ2n) is 7.92. The first-order valence-corrected chi connectivity index (χ1v) is 9.72. The van der Waals surface area contributed by atoms with Crippen LogP contribution in [0.2, 0.25) is 0 Å². The first-order valence-electron chi connectivity index (χ1n) is 8.90. The van der Waals surface area contributed by atoms with E-state index in [1.54, 1.807) is 0 Å². The second kappa shape index (κ2) is 6.87. The fraction of sp³-hybridized carbons (Fsp3) is 0.526. The van der Waals surface area contributed by atoms with Crippen LogP contribution in [0.1, 0.15) is 66.1 Å². The number of carbonyl (C=O) groups is 2. The number of hydrogen-bond acceptors (Lipinski definition) is 4. The Labute approximate surface area is 158 Å². The molecule has 0 fully saturated rings. The van der Waals surface area contributed by atoms with E-state index in [0.717, 1.165) is 30.4 Å². The van der Waals surface area contributed by atoms with Crippen LogP contribution in [0.3, 0.4) is 0 Å². The fourth-order valence-corrected chi connectivity index (χ4v) is 4.12. The molecule has 0 unspecified atom stereocenters. The molecule has 0 radical (unpaired) electrons. The molecule has 6 nitrogen and oxygen atoms in total. The number of nitrogens with zero attached hydrogens (tertiary/aromatic N) is 2. The van der Waals surface area contributed by atoms with Gasteiger partial charge in [-0.3, -0.25) is 14.3 Å². The van der Waals surface area contributed by atoms with Gasteiger partial charge in [-0.25, -0.2) is 0 Å². The number of fused-ring (bicyclic) bond motifs is 1. The topological polar surface area (TPSA) is 76.0 Å². The fourth-order valence-electron chi connectivity index (χ4n) is 3.15. The Morgan fingerprint density at radius 2 is 2.08 bits per heavy atom. The maximum Gasteiger partial charge on any atom is 0.262 e. The van der Waals surface area contributed by atoms with E-state index in [4.69, 9.17) is 0 Å². The predicted molar refractivity (Wildman–Crippen MR) is 103 cm³/mol. The van der Waals surface area contributed by atoms with Gasteiger partial charge in [-0.2, -0.15) is 5.10 Å². The SMILES string of the molecule is Cc1cc(NC(=O)C(C)(C)C)sc1C(=O)N[C@H]1CCCc2c1cnn2C. The highest BCUT2D eigenvalue weighted by Gasteiger charge is 2.27. The van der Waals surface area contributed by atoms with Gasteiger partial charge in [0.05, 0.1) is 22.1 Å². The zero-order valence-electron chi connectivity index (χ0n) is 16.0. The molecule has 0 saturated carbocycles. The van der Waals surface area contributed by atoms with Crippen LogP contribution in [0, 0.1) is 12.3 Å². The molecule has 1 aliphatic rings. The average Bonchev–Trinajstić information content (AvgIpc) is 3.10. The van der Waals surface area contributed by atoms with Crippen LogP contribution in [0.15, 0.2) is 12.3 Å². The minimum atomic E-state index is -0.473. The number of rotatable bonds is 3. The van der Waals surface area contributed by atoms with Crippen molar-refractivity contribution in [1.29, 1.82) is 0 Å². The Morgan fingerprint density at radius 3 is 2.77 bits per heavy atom. The van der Waals surface area contributed by atoms with Crippen molar-refractivity contribution in [3.8, 4) is 0 Å². The number of anilines is 1. The Hall–Kier alpha value is -2.15. The monoisotopic (exact) mass is 374 g/mol. The highest BCUT2D eigenvalue weighted by molar-refractivity contribution is 7.18. The normalized spacial score (nSPS) is 16.9. The van der Waals surface area contributed by atoms with Crippen LogP contribution in [0.25, 0.3) is 0 Å². The van der Waals surface area contributed by atoms with Crippen molar-refractivity contribution in [3.63, 3.8) is 0 Å². The molecule has 2 heterocycles. The average molecular weight is 375 g/mol. The van der Waals surface area contributed by atoms with Crippen molar-refractivity contribution in [2.45, 2.75) is 53.0 Å². The molecule has 1 aliphatic carbocycles. The molecule has 0 aliphatic heterocycles. The highest BCUT2D eigenvalue weighted by atomic mass is 32.1. The van der Waals surface area contributed by atoms with Crippen molar-refractivity contribution >= 4 is 28.2 Å². The molecule has 1 atom stereocenters. The molecule has 2 aromatic heterocycles. The summed E-state index contributed by atoms with van der Waals surface area (Å²) >= 11 is 1.32. The summed E-state index contributed by atoms with van der Waals surface area (Å²) in [4.78, 5) is 25.6. The summed E-state index contributed by atoms with van der Waals surface area (Å²) in [6.45, 7) is 7.50. The number of carbonyl (C=O) groups excluding carboxylic acids is 2. The molecule has 26 heavy (non-hydrogen) atoms. The zero-order valence-corrected chi connectivity index (χ0v) is 16.8. The third kappa shape index (κ3) is 3.67. The van der Waals surface area contributed by atoms with E-state index in [1.165, 1.54) is 17.0 Å². The van der Waals surface area contributed by atoms with Gasteiger partial charge in [0.25, 0.3) is 5.91 Å². The Balaban J connectivity index is 1.74. The standard InChI is InChI=1S/C19H26N4O2S/c1-11-9-15(22-18(25)19(2,3)4)26-16(11)17(24)21-13-7-6-8-14-12(13)10-20-23(14)5/h9-10,13H,6-8H2,1-5H3,(H,21,24)(H,22,25)/t13-/m0/s1. The van der Waals surface area contributed by atoms with Gasteiger partial charge in [-0.05, 0) is 37.8 Å². The van der Waals surface area contributed by atoms with Crippen molar-refractivity contribution in [2.75, 3.05) is 5.32 Å². The summed E-state index contributed by atoms with van der Waals surface area (Å²) in [5.41, 5.74) is 2.71. The summed E-state index contributed by atoms with van der Waals surface area (Å²) in [6.07, 6.45) is 4.81. The summed E-state index contributed by atoms with van der Waals surface area (Å²) in [5.74, 6) is -0.150. The number of aromatic nitrogens is 2. The Bertz CT molecular complexity index is 844. The Morgan fingerprint density at radius 1 is 1.35 bits per heavy atom. The number of amides is 2. The number of nitrogens with one attached hydrogen (secondary N) is 2. The minimum Gasteiger partial charge on any atom is -0.344 e. The maximum absolute atomic E-state index is 12.8. The minimum absolute atomic E-state index is 0.00549. The van der Waals surface area contributed by atoms with Crippen molar-refractivity contribution in [3.05, 3.63) is 34.0 Å². The maximum atomic E-state index is 12.8. The highest BCUT2D eigenvalue weighted by Crippen LogP contribution is 2.32. The quantitative estimate of drug-likeness (QED) is 0.862. The largest absolute Gasteiger partial charge is 0.344 e. The molecule has 140 valence electrons. The van der Waals surface area contributed by atoms with Crippen molar-refractivity contribution in [2.24, 2.45) is 12.5 Å². The first kappa shape index (κ1) is 18.6. The van der Waals surface area contributed by atoms with Crippen LogP contribution < -0.4 is 10.6 Å². The number of thiophene rings is 1. The summed E-state index contributed by atoms with van der Waals surface area (Å²) in [7, 11) is 1.94. The van der Waals surface area contributed by atoms with E-state index >= 15 is 0 Å². The molecule has 0 bridgehead atoms.